The normalized spacial score (nSPS) is 13.9. The lowest BCUT2D eigenvalue weighted by Gasteiger charge is -2.19. The molecular weight excluding hydrogens is 940 g/mol. The number of carbonyl (C=O) groups is 8. The Morgan fingerprint density at radius 3 is 1.33 bits per heavy atom. The number of imide groups is 2. The monoisotopic (exact) mass is 1010 g/mol. The van der Waals surface area contributed by atoms with Gasteiger partial charge < -0.3 is 58.7 Å². The van der Waals surface area contributed by atoms with Gasteiger partial charge in [0.25, 0.3) is 23.6 Å². The van der Waals surface area contributed by atoms with E-state index in [1.807, 2.05) is 0 Å². The summed E-state index contributed by atoms with van der Waals surface area (Å²) in [5, 5.41) is 30.5. The van der Waals surface area contributed by atoms with Crippen LogP contribution in [0.2, 0.25) is 0 Å². The van der Waals surface area contributed by atoms with Crippen LogP contribution >= 0.6 is 0 Å². The van der Waals surface area contributed by atoms with Gasteiger partial charge >= 0.3 is 12.3 Å². The molecule has 2 atom stereocenters. The van der Waals surface area contributed by atoms with Crippen LogP contribution in [0.1, 0.15) is 77.0 Å². The van der Waals surface area contributed by atoms with E-state index in [-0.39, 0.29) is 123 Å². The highest BCUT2D eigenvalue weighted by Gasteiger charge is 2.34. The van der Waals surface area contributed by atoms with E-state index in [1.54, 1.807) is 0 Å². The topological polar surface area (TPSA) is 397 Å². The molecule has 0 spiro atoms. The minimum Gasteiger partial charge on any atom is -0.430 e. The molecule has 0 radical (unpaired) electrons. The second-order valence-electron chi connectivity index (χ2n) is 14.5. The molecule has 2 unspecified atom stereocenters. The van der Waals surface area contributed by atoms with Crippen molar-refractivity contribution in [2.45, 2.75) is 89.3 Å². The highest BCUT2D eigenvalue weighted by molar-refractivity contribution is 6.02. The van der Waals surface area contributed by atoms with Crippen LogP contribution in [0.15, 0.2) is 10.2 Å². The first-order valence-corrected chi connectivity index (χ1v) is 22.7. The first kappa shape index (κ1) is 62.1. The molecule has 4 N–H and O–H groups in total. The number of ether oxygens (including phenoxy) is 8. The Balaban J connectivity index is 0.000000831. The molecule has 0 bridgehead atoms. The average molecular weight is 1010 g/mol. The van der Waals surface area contributed by atoms with Gasteiger partial charge in [-0.15, -0.1) is 0 Å². The minimum absolute atomic E-state index is 0.0255. The summed E-state index contributed by atoms with van der Waals surface area (Å²) in [7, 11) is 0. The number of aliphatic hydroxyl groups excluding tert-OH is 2. The van der Waals surface area contributed by atoms with Gasteiger partial charge in [-0.25, -0.2) is 9.59 Å². The Hall–Kier alpha value is -5.94. The standard InChI is InChI=1S/C25H36N6O14.C15H30N4O6/c26-29-28-10-2-1-4-19(32)27-9-3-11-39-16-18(41-14-15-43-25(38)45-31-22(35)7-8-23(31)36)17-40-12-13-42-24(37)44-30-20(33)5-6-21(30)34;16-19-18-6-2-1-4-15(22)17-5-3-9-23-12-14(25-11-8-21)13-24-10-7-20/h18H,1-17H2,(H,27,32);14,20-21H,1-13H2,(H,17,22). The molecule has 396 valence electrons. The highest BCUT2D eigenvalue weighted by Crippen LogP contribution is 2.14. The molecule has 6 amide bonds. The van der Waals surface area contributed by atoms with Crippen molar-refractivity contribution in [2.75, 3.05) is 119 Å². The SMILES string of the molecule is [N-]=[N+]=NCCCCC(=O)NCCCOCC(COCCO)OCCO.[N-]=[N+]=NCCCCC(=O)NCCCOCC(COCCOC(=O)ON1C(=O)CCC1=O)OCCOC(=O)ON1C(=O)CCC1=O. The lowest BCUT2D eigenvalue weighted by atomic mass is 10.2. The van der Waals surface area contributed by atoms with Crippen LogP contribution in [0.5, 0.6) is 0 Å². The third-order valence-corrected chi connectivity index (χ3v) is 8.87. The molecule has 0 saturated carbocycles. The maximum Gasteiger partial charge on any atom is 0.534 e. The van der Waals surface area contributed by atoms with E-state index in [4.69, 9.17) is 59.2 Å². The van der Waals surface area contributed by atoms with Crippen molar-refractivity contribution in [3.05, 3.63) is 20.9 Å². The number of nitrogens with zero attached hydrogens (tertiary/aromatic N) is 8. The van der Waals surface area contributed by atoms with Crippen molar-refractivity contribution in [3.8, 4) is 0 Å². The molecule has 2 heterocycles. The Bertz CT molecular complexity index is 1640. The van der Waals surface area contributed by atoms with Gasteiger partial charge in [-0.1, -0.05) is 20.4 Å². The van der Waals surface area contributed by atoms with Gasteiger partial charge in [0.15, 0.2) is 0 Å². The number of aliphatic hydroxyl groups is 2. The third kappa shape index (κ3) is 32.7. The van der Waals surface area contributed by atoms with Crippen molar-refractivity contribution in [1.29, 1.82) is 0 Å². The summed E-state index contributed by atoms with van der Waals surface area (Å²) in [5.74, 6) is -2.76. The molecule has 0 aromatic heterocycles. The Morgan fingerprint density at radius 1 is 0.529 bits per heavy atom. The van der Waals surface area contributed by atoms with E-state index >= 15 is 0 Å². The number of hydrogen-bond acceptors (Lipinski definition) is 22. The second kappa shape index (κ2) is 42.0. The van der Waals surface area contributed by atoms with Gasteiger partial charge in [0.2, 0.25) is 11.8 Å². The molecule has 2 saturated heterocycles. The predicted molar refractivity (Wildman–Crippen MR) is 235 cm³/mol. The number of azide groups is 2. The van der Waals surface area contributed by atoms with Crippen molar-refractivity contribution < 1.29 is 96.1 Å². The third-order valence-electron chi connectivity index (χ3n) is 8.87. The molecule has 0 aromatic rings. The largest absolute Gasteiger partial charge is 0.534 e. The molecule has 2 aliphatic heterocycles. The highest BCUT2D eigenvalue weighted by atomic mass is 16.8. The van der Waals surface area contributed by atoms with Crippen molar-refractivity contribution in [3.63, 3.8) is 0 Å². The zero-order valence-electron chi connectivity index (χ0n) is 39.2. The van der Waals surface area contributed by atoms with E-state index in [1.165, 1.54) is 0 Å². The molecule has 2 aliphatic rings. The number of hydroxylamine groups is 4. The lowest BCUT2D eigenvalue weighted by Crippen LogP contribution is -2.33. The Morgan fingerprint density at radius 2 is 0.914 bits per heavy atom. The molecule has 70 heavy (non-hydrogen) atoms. The number of hydrogen-bond donors (Lipinski definition) is 4. The van der Waals surface area contributed by atoms with E-state index in [0.717, 1.165) is 0 Å². The Labute approximate surface area is 403 Å². The van der Waals surface area contributed by atoms with Crippen LogP contribution < -0.4 is 10.6 Å². The fraction of sp³-hybridized carbons (Fsp3) is 0.800. The zero-order chi connectivity index (χ0) is 51.5. The van der Waals surface area contributed by atoms with Gasteiger partial charge in [-0.3, -0.25) is 38.4 Å². The number of carbonyl (C=O) groups excluding carboxylic acids is 8. The van der Waals surface area contributed by atoms with Crippen LogP contribution in [-0.2, 0) is 76.3 Å². The zero-order valence-corrected chi connectivity index (χ0v) is 39.2. The van der Waals surface area contributed by atoms with Gasteiger partial charge in [0.05, 0.1) is 66.1 Å². The minimum atomic E-state index is -1.26. The number of unbranched alkanes of at least 4 members (excludes halogenated alkanes) is 2. The summed E-state index contributed by atoms with van der Waals surface area (Å²) in [6.45, 7) is 2.48. The average Bonchev–Trinajstić information content (AvgIpc) is 3.83. The molecular formula is C40H66N10O20. The van der Waals surface area contributed by atoms with Crippen LogP contribution in [0.4, 0.5) is 9.59 Å². The summed E-state index contributed by atoms with van der Waals surface area (Å²) < 4.78 is 42.3. The Kier molecular flexibility index (Phi) is 37.2. The van der Waals surface area contributed by atoms with E-state index in [0.29, 0.717) is 101 Å². The maximum atomic E-state index is 11.8. The summed E-state index contributed by atoms with van der Waals surface area (Å²) in [4.78, 5) is 107. The summed E-state index contributed by atoms with van der Waals surface area (Å²) in [6, 6.07) is 0. The molecule has 0 aliphatic carbocycles. The molecule has 30 heteroatoms. The first-order valence-electron chi connectivity index (χ1n) is 22.7. The second-order valence-corrected chi connectivity index (χ2v) is 14.5. The predicted octanol–water partition coefficient (Wildman–Crippen LogP) is 1.20. The van der Waals surface area contributed by atoms with Crippen LogP contribution in [-0.4, -0.2) is 199 Å². The van der Waals surface area contributed by atoms with Gasteiger partial charge in [0.1, 0.15) is 25.4 Å². The molecule has 2 rings (SSSR count). The van der Waals surface area contributed by atoms with E-state index in [9.17, 15) is 38.4 Å². The van der Waals surface area contributed by atoms with Crippen LogP contribution in [0.3, 0.4) is 0 Å². The summed E-state index contributed by atoms with van der Waals surface area (Å²) in [5.41, 5.74) is 16.4. The lowest BCUT2D eigenvalue weighted by molar-refractivity contribution is -0.178. The molecule has 0 aromatic carbocycles. The van der Waals surface area contributed by atoms with Crippen molar-refractivity contribution in [1.82, 2.24) is 20.8 Å². The summed E-state index contributed by atoms with van der Waals surface area (Å²) >= 11 is 0. The van der Waals surface area contributed by atoms with Crippen molar-refractivity contribution in [2.24, 2.45) is 10.2 Å². The smallest absolute Gasteiger partial charge is 0.430 e. The number of rotatable bonds is 40. The molecule has 30 nitrogen and oxygen atoms in total. The first-order chi connectivity index (χ1) is 33.9. The number of nitrogens with one attached hydrogen (secondary N) is 2. The van der Waals surface area contributed by atoms with E-state index < -0.39 is 42.0 Å². The molecule has 2 fully saturated rings. The fourth-order valence-electron chi connectivity index (χ4n) is 5.48. The maximum absolute atomic E-state index is 11.8. The van der Waals surface area contributed by atoms with Gasteiger partial charge in [-0.05, 0) is 49.6 Å². The van der Waals surface area contributed by atoms with Gasteiger partial charge in [0, 0.05) is 87.7 Å². The number of amides is 6. The fourth-order valence-corrected chi connectivity index (χ4v) is 5.48. The van der Waals surface area contributed by atoms with E-state index in [2.05, 4.69) is 40.4 Å². The van der Waals surface area contributed by atoms with Crippen LogP contribution in [0.25, 0.3) is 20.9 Å². The van der Waals surface area contributed by atoms with Crippen molar-refractivity contribution >= 4 is 47.8 Å². The van der Waals surface area contributed by atoms with Crippen LogP contribution in [0, 0.1) is 0 Å². The summed E-state index contributed by atoms with van der Waals surface area (Å²) in [6.07, 6.45) is 0.787. The quantitative estimate of drug-likeness (QED) is 0.0167. The van der Waals surface area contributed by atoms with Gasteiger partial charge in [-0.2, -0.15) is 0 Å².